The van der Waals surface area contributed by atoms with Crippen molar-refractivity contribution >= 4 is 17.5 Å². The second kappa shape index (κ2) is 7.33. The van der Waals surface area contributed by atoms with Crippen LogP contribution in [0.4, 0.5) is 23.2 Å². The quantitative estimate of drug-likeness (QED) is 0.653. The van der Waals surface area contributed by atoms with Gasteiger partial charge in [0, 0.05) is 5.69 Å². The van der Waals surface area contributed by atoms with Crippen LogP contribution in [0.5, 0.6) is 0 Å². The van der Waals surface area contributed by atoms with Crippen LogP contribution >= 0.6 is 0 Å². The van der Waals surface area contributed by atoms with Crippen molar-refractivity contribution in [1.29, 1.82) is 0 Å². The molecule has 0 saturated heterocycles. The summed E-state index contributed by atoms with van der Waals surface area (Å²) in [7, 11) is 0. The lowest BCUT2D eigenvalue weighted by atomic mass is 10.1. The van der Waals surface area contributed by atoms with E-state index in [4.69, 9.17) is 0 Å². The molecule has 0 heterocycles. The highest BCUT2D eigenvalue weighted by atomic mass is 19.4. The van der Waals surface area contributed by atoms with Crippen molar-refractivity contribution in [3.8, 4) is 0 Å². The van der Waals surface area contributed by atoms with E-state index in [1.807, 2.05) is 0 Å². The van der Waals surface area contributed by atoms with Crippen molar-refractivity contribution in [2.75, 3.05) is 5.32 Å². The Balaban J connectivity index is 2.01. The van der Waals surface area contributed by atoms with Gasteiger partial charge in [-0.3, -0.25) is 9.59 Å². The average molecular weight is 354 g/mol. The third kappa shape index (κ3) is 5.03. The third-order valence-corrected chi connectivity index (χ3v) is 3.37. The van der Waals surface area contributed by atoms with Crippen LogP contribution in [0.2, 0.25) is 0 Å². The first kappa shape index (κ1) is 18.4. The van der Waals surface area contributed by atoms with Crippen LogP contribution in [0.3, 0.4) is 0 Å². The highest BCUT2D eigenvalue weighted by Crippen LogP contribution is 2.30. The summed E-state index contributed by atoms with van der Waals surface area (Å²) in [6.45, 7) is 1.59. The number of benzene rings is 2. The number of rotatable bonds is 3. The van der Waals surface area contributed by atoms with Crippen molar-refractivity contribution in [3.05, 3.63) is 65.5 Å². The van der Waals surface area contributed by atoms with Gasteiger partial charge in [-0.25, -0.2) is 4.39 Å². The van der Waals surface area contributed by atoms with Crippen LogP contribution in [0, 0.1) is 5.82 Å². The topological polar surface area (TPSA) is 58.2 Å². The second-order valence-corrected chi connectivity index (χ2v) is 5.28. The van der Waals surface area contributed by atoms with E-state index in [1.54, 1.807) is 6.92 Å². The molecule has 0 aliphatic carbocycles. The van der Waals surface area contributed by atoms with Gasteiger partial charge in [-0.2, -0.15) is 13.2 Å². The SMILES string of the molecule is CC(NC(=O)C(=O)Nc1cccc(C(F)(F)F)c1)c1ccc(F)cc1. The fraction of sp³-hybridized carbons (Fsp3) is 0.176. The molecule has 0 radical (unpaired) electrons. The highest BCUT2D eigenvalue weighted by molar-refractivity contribution is 6.39. The number of nitrogens with one attached hydrogen (secondary N) is 2. The molecule has 1 unspecified atom stereocenters. The standard InChI is InChI=1S/C17H14F4N2O2/c1-10(11-5-7-13(18)8-6-11)22-15(24)16(25)23-14-4-2-3-12(9-14)17(19,20)21/h2-10H,1H3,(H,22,24)(H,23,25). The van der Waals surface area contributed by atoms with Crippen LogP contribution < -0.4 is 10.6 Å². The zero-order valence-corrected chi connectivity index (χ0v) is 13.0. The van der Waals surface area contributed by atoms with Gasteiger partial charge in [-0.05, 0) is 42.8 Å². The zero-order valence-electron chi connectivity index (χ0n) is 13.0. The van der Waals surface area contributed by atoms with E-state index < -0.39 is 35.4 Å². The van der Waals surface area contributed by atoms with Crippen molar-refractivity contribution in [2.24, 2.45) is 0 Å². The predicted molar refractivity (Wildman–Crippen MR) is 83.0 cm³/mol. The molecule has 2 aromatic rings. The van der Waals surface area contributed by atoms with Crippen LogP contribution in [0.1, 0.15) is 24.1 Å². The van der Waals surface area contributed by atoms with Crippen molar-refractivity contribution in [3.63, 3.8) is 0 Å². The minimum absolute atomic E-state index is 0.149. The Bertz CT molecular complexity index is 773. The first-order valence-corrected chi connectivity index (χ1v) is 7.21. The summed E-state index contributed by atoms with van der Waals surface area (Å²) in [6.07, 6.45) is -4.56. The number of carbonyl (C=O) groups is 2. The number of carbonyl (C=O) groups excluding carboxylic acids is 2. The molecule has 0 spiro atoms. The van der Waals surface area contributed by atoms with E-state index >= 15 is 0 Å². The van der Waals surface area contributed by atoms with Gasteiger partial charge >= 0.3 is 18.0 Å². The largest absolute Gasteiger partial charge is 0.416 e. The summed E-state index contributed by atoms with van der Waals surface area (Å²) in [5, 5.41) is 4.49. The maximum Gasteiger partial charge on any atom is 0.416 e. The minimum atomic E-state index is -4.56. The molecule has 0 fully saturated rings. The maximum absolute atomic E-state index is 12.9. The monoisotopic (exact) mass is 354 g/mol. The predicted octanol–water partition coefficient (Wildman–Crippen LogP) is 3.66. The van der Waals surface area contributed by atoms with E-state index in [0.717, 1.165) is 18.2 Å². The van der Waals surface area contributed by atoms with E-state index in [1.165, 1.54) is 30.3 Å². The smallest absolute Gasteiger partial charge is 0.341 e. The average Bonchev–Trinajstić information content (AvgIpc) is 2.54. The third-order valence-electron chi connectivity index (χ3n) is 3.37. The summed E-state index contributed by atoms with van der Waals surface area (Å²) in [6, 6.07) is 8.68. The van der Waals surface area contributed by atoms with Crippen molar-refractivity contribution < 1.29 is 27.2 Å². The molecule has 132 valence electrons. The van der Waals surface area contributed by atoms with Crippen molar-refractivity contribution in [2.45, 2.75) is 19.1 Å². The van der Waals surface area contributed by atoms with Gasteiger partial charge in [0.25, 0.3) is 0 Å². The zero-order chi connectivity index (χ0) is 18.6. The molecule has 2 aromatic carbocycles. The molecule has 8 heteroatoms. The molecule has 2 amide bonds. The van der Waals surface area contributed by atoms with Gasteiger partial charge in [-0.15, -0.1) is 0 Å². The Hall–Kier alpha value is -2.90. The summed E-state index contributed by atoms with van der Waals surface area (Å²) in [4.78, 5) is 23.7. The molecule has 0 bridgehead atoms. The molecule has 2 N–H and O–H groups in total. The van der Waals surface area contributed by atoms with Gasteiger partial charge in [0.15, 0.2) is 0 Å². The molecular formula is C17H14F4N2O2. The van der Waals surface area contributed by atoms with Gasteiger partial charge in [0.05, 0.1) is 11.6 Å². The molecule has 1 atom stereocenters. The van der Waals surface area contributed by atoms with E-state index in [-0.39, 0.29) is 5.69 Å². The number of alkyl halides is 3. The Morgan fingerprint density at radius 2 is 1.64 bits per heavy atom. The second-order valence-electron chi connectivity index (χ2n) is 5.28. The summed E-state index contributed by atoms with van der Waals surface area (Å²) in [5.41, 5.74) is -0.517. The van der Waals surface area contributed by atoms with E-state index in [0.29, 0.717) is 5.56 Å². The van der Waals surface area contributed by atoms with Gasteiger partial charge < -0.3 is 10.6 Å². The first-order valence-electron chi connectivity index (χ1n) is 7.21. The number of halogens is 4. The molecule has 2 rings (SSSR count). The van der Waals surface area contributed by atoms with Crippen LogP contribution in [0.25, 0.3) is 0 Å². The molecule has 4 nitrogen and oxygen atoms in total. The Labute approximate surface area is 140 Å². The molecule has 0 aromatic heterocycles. The maximum atomic E-state index is 12.9. The molecule has 0 aliphatic heterocycles. The summed E-state index contributed by atoms with van der Waals surface area (Å²) in [5.74, 6) is -2.56. The van der Waals surface area contributed by atoms with Crippen LogP contribution in [-0.4, -0.2) is 11.8 Å². The van der Waals surface area contributed by atoms with Gasteiger partial charge in [0.2, 0.25) is 0 Å². The highest BCUT2D eigenvalue weighted by Gasteiger charge is 2.30. The van der Waals surface area contributed by atoms with E-state index in [9.17, 15) is 27.2 Å². The minimum Gasteiger partial charge on any atom is -0.341 e. The van der Waals surface area contributed by atoms with Crippen LogP contribution in [-0.2, 0) is 15.8 Å². The lowest BCUT2D eigenvalue weighted by molar-refractivity contribution is -0.137. The number of hydrogen-bond acceptors (Lipinski definition) is 2. The Morgan fingerprint density at radius 1 is 1.00 bits per heavy atom. The van der Waals surface area contributed by atoms with Gasteiger partial charge in [0.1, 0.15) is 5.82 Å². The molecule has 25 heavy (non-hydrogen) atoms. The fourth-order valence-corrected chi connectivity index (χ4v) is 2.06. The fourth-order valence-electron chi connectivity index (χ4n) is 2.06. The number of hydrogen-bond donors (Lipinski definition) is 2. The Kier molecular flexibility index (Phi) is 5.41. The molecule has 0 aliphatic rings. The molecular weight excluding hydrogens is 340 g/mol. The lowest BCUT2D eigenvalue weighted by Gasteiger charge is -2.14. The first-order chi connectivity index (χ1) is 11.7. The van der Waals surface area contributed by atoms with Crippen molar-refractivity contribution in [1.82, 2.24) is 5.32 Å². The number of amides is 2. The lowest BCUT2D eigenvalue weighted by Crippen LogP contribution is -2.36. The van der Waals surface area contributed by atoms with Gasteiger partial charge in [-0.1, -0.05) is 18.2 Å². The number of anilines is 1. The van der Waals surface area contributed by atoms with E-state index in [2.05, 4.69) is 10.6 Å². The molecule has 0 saturated carbocycles. The normalized spacial score (nSPS) is 12.4. The van der Waals surface area contributed by atoms with Crippen LogP contribution in [0.15, 0.2) is 48.5 Å². The summed E-state index contributed by atoms with van der Waals surface area (Å²) < 4.78 is 50.8. The Morgan fingerprint density at radius 3 is 2.24 bits per heavy atom. The summed E-state index contributed by atoms with van der Waals surface area (Å²) >= 11 is 0.